The molecule has 0 saturated heterocycles. The molecule has 31 heavy (non-hydrogen) atoms. The molecule has 7 nitrogen and oxygen atoms in total. The Hall–Kier alpha value is -2.03. The lowest BCUT2D eigenvalue weighted by molar-refractivity contribution is 0.0271. The van der Waals surface area contributed by atoms with Crippen LogP contribution in [-0.2, 0) is 11.5 Å². The second-order valence-electron chi connectivity index (χ2n) is 10.1. The van der Waals surface area contributed by atoms with Crippen molar-refractivity contribution in [1.29, 1.82) is 0 Å². The summed E-state index contributed by atoms with van der Waals surface area (Å²) in [5, 5.41) is 13.5. The summed E-state index contributed by atoms with van der Waals surface area (Å²) >= 11 is 0. The Bertz CT molecular complexity index is 944. The number of carbonyl (C=O) groups excluding carboxylic acids is 1. The summed E-state index contributed by atoms with van der Waals surface area (Å²) in [4.78, 5) is 22.5. The minimum atomic E-state index is -1.18. The van der Waals surface area contributed by atoms with Gasteiger partial charge in [0.25, 0.3) is 5.91 Å². The van der Waals surface area contributed by atoms with Crippen molar-refractivity contribution < 1.29 is 14.6 Å². The van der Waals surface area contributed by atoms with Crippen LogP contribution in [0, 0.1) is 0 Å². The Morgan fingerprint density at radius 2 is 2.19 bits per heavy atom. The van der Waals surface area contributed by atoms with E-state index in [2.05, 4.69) is 36.5 Å². The van der Waals surface area contributed by atoms with Gasteiger partial charge in [0.2, 0.25) is 0 Å². The summed E-state index contributed by atoms with van der Waals surface area (Å²) in [6.07, 6.45) is 7.84. The van der Waals surface area contributed by atoms with Crippen molar-refractivity contribution >= 4 is 25.1 Å². The first-order valence-electron chi connectivity index (χ1n) is 11.1. The fourth-order valence-corrected chi connectivity index (χ4v) is 4.10. The first kappa shape index (κ1) is 23.6. The molecule has 1 fully saturated rings. The third-order valence-corrected chi connectivity index (χ3v) is 7.59. The maximum absolute atomic E-state index is 13.1. The van der Waals surface area contributed by atoms with Crippen molar-refractivity contribution in [1.82, 2.24) is 19.9 Å². The lowest BCUT2D eigenvalue weighted by Crippen LogP contribution is -2.48. The smallest absolute Gasteiger partial charge is 0.255 e. The van der Waals surface area contributed by atoms with Gasteiger partial charge in [-0.05, 0) is 39.2 Å². The average molecular weight is 445 g/mol. The van der Waals surface area contributed by atoms with Crippen LogP contribution in [0.3, 0.4) is 0 Å². The van der Waals surface area contributed by atoms with E-state index in [9.17, 15) is 9.90 Å². The summed E-state index contributed by atoms with van der Waals surface area (Å²) in [5.74, 6) is 0.168. The SMILES string of the molecule is C=CC[C@@](C)(O)[C@H](C)NC(=O)c1cn(COCC[Si](C)(C)C)c2ncc(C3CC3)nc12. The Morgan fingerprint density at radius 3 is 2.81 bits per heavy atom. The molecule has 2 aromatic heterocycles. The minimum absolute atomic E-state index is 0.273. The molecule has 0 unspecified atom stereocenters. The van der Waals surface area contributed by atoms with Crippen molar-refractivity contribution in [3.63, 3.8) is 0 Å². The van der Waals surface area contributed by atoms with E-state index in [1.165, 1.54) is 0 Å². The van der Waals surface area contributed by atoms with Crippen LogP contribution in [0.2, 0.25) is 25.7 Å². The molecular formula is C23H36N4O3Si. The monoisotopic (exact) mass is 444 g/mol. The lowest BCUT2D eigenvalue weighted by atomic mass is 9.94. The van der Waals surface area contributed by atoms with Crippen molar-refractivity contribution in [2.45, 2.75) is 83.1 Å². The second kappa shape index (κ2) is 9.22. The second-order valence-corrected chi connectivity index (χ2v) is 15.8. The molecule has 1 amide bonds. The number of rotatable bonds is 11. The van der Waals surface area contributed by atoms with Gasteiger partial charge in [0.1, 0.15) is 12.2 Å². The van der Waals surface area contributed by atoms with Crippen molar-refractivity contribution in [3.05, 3.63) is 36.3 Å². The molecule has 0 spiro atoms. The summed E-state index contributed by atoms with van der Waals surface area (Å²) < 4.78 is 7.75. The Kier molecular flexibility index (Phi) is 7.03. The number of fused-ring (bicyclic) bond motifs is 1. The summed E-state index contributed by atoms with van der Waals surface area (Å²) in [6, 6.07) is 0.622. The first-order chi connectivity index (χ1) is 14.5. The molecule has 170 valence electrons. The molecule has 2 heterocycles. The van der Waals surface area contributed by atoms with E-state index in [-0.39, 0.29) is 5.91 Å². The Labute approximate surface area is 185 Å². The number of hydrogen-bond donors (Lipinski definition) is 2. The van der Waals surface area contributed by atoms with Gasteiger partial charge in [-0.25, -0.2) is 9.97 Å². The first-order valence-corrected chi connectivity index (χ1v) is 14.8. The minimum Gasteiger partial charge on any atom is -0.388 e. The van der Waals surface area contributed by atoms with Crippen LogP contribution < -0.4 is 5.32 Å². The summed E-state index contributed by atoms with van der Waals surface area (Å²) in [6.45, 7) is 15.1. The highest BCUT2D eigenvalue weighted by Gasteiger charge is 2.31. The molecule has 0 aromatic carbocycles. The van der Waals surface area contributed by atoms with Gasteiger partial charge in [-0.15, -0.1) is 6.58 Å². The maximum atomic E-state index is 13.1. The molecule has 1 saturated carbocycles. The molecule has 2 aromatic rings. The zero-order chi connectivity index (χ0) is 22.8. The molecule has 1 aliphatic rings. The lowest BCUT2D eigenvalue weighted by Gasteiger charge is -2.29. The van der Waals surface area contributed by atoms with Crippen LogP contribution in [0.15, 0.2) is 25.0 Å². The molecule has 2 atom stereocenters. The fourth-order valence-electron chi connectivity index (χ4n) is 3.35. The van der Waals surface area contributed by atoms with Gasteiger partial charge < -0.3 is 19.7 Å². The molecule has 2 N–H and O–H groups in total. The quantitative estimate of drug-likeness (QED) is 0.310. The van der Waals surface area contributed by atoms with Crippen LogP contribution in [-0.4, -0.2) is 51.9 Å². The van der Waals surface area contributed by atoms with Crippen LogP contribution in [0.25, 0.3) is 11.2 Å². The molecule has 3 rings (SSSR count). The van der Waals surface area contributed by atoms with E-state index in [1.807, 2.05) is 10.8 Å². The number of nitrogens with one attached hydrogen (secondary N) is 1. The summed E-state index contributed by atoms with van der Waals surface area (Å²) in [5.41, 5.74) is 1.55. The van der Waals surface area contributed by atoms with E-state index >= 15 is 0 Å². The maximum Gasteiger partial charge on any atom is 0.255 e. The third kappa shape index (κ3) is 6.02. The Balaban J connectivity index is 1.84. The van der Waals surface area contributed by atoms with E-state index in [0.717, 1.165) is 24.6 Å². The largest absolute Gasteiger partial charge is 0.388 e. The zero-order valence-corrected chi connectivity index (χ0v) is 20.4. The summed E-state index contributed by atoms with van der Waals surface area (Å²) in [7, 11) is -1.18. The molecule has 1 aliphatic carbocycles. The number of nitrogens with zero attached hydrogens (tertiary/aromatic N) is 3. The van der Waals surface area contributed by atoms with E-state index in [4.69, 9.17) is 9.72 Å². The highest BCUT2D eigenvalue weighted by atomic mass is 28.3. The topological polar surface area (TPSA) is 89.3 Å². The van der Waals surface area contributed by atoms with E-state index in [1.54, 1.807) is 26.1 Å². The van der Waals surface area contributed by atoms with Crippen molar-refractivity contribution in [2.24, 2.45) is 0 Å². The van der Waals surface area contributed by atoms with Gasteiger partial charge in [-0.1, -0.05) is 25.7 Å². The highest BCUT2D eigenvalue weighted by Crippen LogP contribution is 2.39. The highest BCUT2D eigenvalue weighted by molar-refractivity contribution is 6.76. The third-order valence-electron chi connectivity index (χ3n) is 5.89. The zero-order valence-electron chi connectivity index (χ0n) is 19.4. The van der Waals surface area contributed by atoms with Gasteiger partial charge in [0.15, 0.2) is 5.65 Å². The predicted molar refractivity (Wildman–Crippen MR) is 126 cm³/mol. The number of carbonyl (C=O) groups is 1. The van der Waals surface area contributed by atoms with Crippen LogP contribution >= 0.6 is 0 Å². The number of hydrogen-bond acceptors (Lipinski definition) is 5. The molecule has 8 heteroatoms. The standard InChI is InChI=1S/C23H36N4O3Si/c1-7-10-23(3,29)16(2)25-22(28)18-14-27(15-30-11-12-31(4,5)6)21-20(18)26-19(13-24-21)17-8-9-17/h7,13-14,16-17,29H,1,8-12,15H2,2-6H3,(H,25,28)/t16-,23+/m0/s1. The van der Waals surface area contributed by atoms with Crippen LogP contribution in [0.1, 0.15) is 55.1 Å². The van der Waals surface area contributed by atoms with E-state index < -0.39 is 19.7 Å². The van der Waals surface area contributed by atoms with Gasteiger partial charge in [-0.2, -0.15) is 0 Å². The van der Waals surface area contributed by atoms with Crippen molar-refractivity contribution in [3.8, 4) is 0 Å². The van der Waals surface area contributed by atoms with Crippen LogP contribution in [0.4, 0.5) is 0 Å². The van der Waals surface area contributed by atoms with Gasteiger partial charge in [0.05, 0.1) is 29.1 Å². The van der Waals surface area contributed by atoms with Gasteiger partial charge in [-0.3, -0.25) is 4.79 Å². The number of amides is 1. The fraction of sp³-hybridized carbons (Fsp3) is 0.609. The Morgan fingerprint density at radius 1 is 1.48 bits per heavy atom. The van der Waals surface area contributed by atoms with Crippen molar-refractivity contribution in [2.75, 3.05) is 6.61 Å². The average Bonchev–Trinajstić information content (AvgIpc) is 3.46. The molecule has 0 radical (unpaired) electrons. The predicted octanol–water partition coefficient (Wildman–Crippen LogP) is 4.07. The molecular weight excluding hydrogens is 408 g/mol. The van der Waals surface area contributed by atoms with Gasteiger partial charge >= 0.3 is 0 Å². The molecule has 0 aliphatic heterocycles. The number of aliphatic hydroxyl groups is 1. The van der Waals surface area contributed by atoms with E-state index in [0.29, 0.717) is 42.4 Å². The van der Waals surface area contributed by atoms with Gasteiger partial charge in [0, 0.05) is 26.8 Å². The molecule has 0 bridgehead atoms. The number of ether oxygens (including phenoxy) is 1. The number of aromatic nitrogens is 3. The van der Waals surface area contributed by atoms with Crippen LogP contribution in [0.5, 0.6) is 0 Å². The normalized spacial score (nSPS) is 17.4.